The molecule has 45 heavy (non-hydrogen) atoms. The fourth-order valence-corrected chi connectivity index (χ4v) is 7.25. The Balaban J connectivity index is 1.33. The fourth-order valence-electron chi connectivity index (χ4n) is 4.46. The maximum absolute atomic E-state index is 13.6. The van der Waals surface area contributed by atoms with Crippen molar-refractivity contribution in [3.8, 4) is 22.7 Å². The predicted octanol–water partition coefficient (Wildman–Crippen LogP) is 6.60. The van der Waals surface area contributed by atoms with Crippen LogP contribution in [0, 0.1) is 0 Å². The quantitative estimate of drug-likeness (QED) is 0.133. The number of carbonyl (C=O) groups is 1. The zero-order chi connectivity index (χ0) is 31.4. The molecule has 1 aliphatic rings. The molecule has 13 heteroatoms. The summed E-state index contributed by atoms with van der Waals surface area (Å²) < 4.78 is 35.0. The lowest BCUT2D eigenvalue weighted by molar-refractivity contribution is -0.121. The normalized spacial score (nSPS) is 15.1. The first-order valence-corrected chi connectivity index (χ1v) is 16.8. The van der Waals surface area contributed by atoms with Gasteiger partial charge in [-0.3, -0.25) is 14.4 Å². The molecule has 0 saturated carbocycles. The summed E-state index contributed by atoms with van der Waals surface area (Å²) in [6.07, 6.45) is 6.86. The largest absolute Gasteiger partial charge is 0.497 e. The highest BCUT2D eigenvalue weighted by atomic mass is 32.2. The number of thiazole rings is 1. The molecule has 6 rings (SSSR count). The molecule has 3 heterocycles. The van der Waals surface area contributed by atoms with Crippen LogP contribution in [0.3, 0.4) is 0 Å². The van der Waals surface area contributed by atoms with E-state index in [1.165, 1.54) is 46.3 Å². The van der Waals surface area contributed by atoms with Crippen molar-refractivity contribution in [2.75, 3.05) is 18.4 Å². The predicted molar refractivity (Wildman–Crippen MR) is 179 cm³/mol. The van der Waals surface area contributed by atoms with Gasteiger partial charge in [-0.2, -0.15) is 5.10 Å². The lowest BCUT2D eigenvalue weighted by Crippen LogP contribution is -2.29. The van der Waals surface area contributed by atoms with Gasteiger partial charge in [0, 0.05) is 35.4 Å². The average Bonchev–Trinajstić information content (AvgIpc) is 3.79. The number of amides is 1. The Morgan fingerprint density at radius 1 is 1.04 bits per heavy atom. The number of methoxy groups -OCH3 is 1. The second-order valence-electron chi connectivity index (χ2n) is 9.59. The Morgan fingerprint density at radius 3 is 2.47 bits per heavy atom. The van der Waals surface area contributed by atoms with E-state index < -0.39 is 10.0 Å². The van der Waals surface area contributed by atoms with E-state index in [1.807, 2.05) is 66.9 Å². The lowest BCUT2D eigenvalue weighted by Gasteiger charge is -2.12. The van der Waals surface area contributed by atoms with Gasteiger partial charge >= 0.3 is 0 Å². The Hall–Kier alpha value is -4.98. The molecule has 1 amide bonds. The van der Waals surface area contributed by atoms with Crippen LogP contribution in [-0.2, 0) is 14.8 Å². The number of nitrogens with one attached hydrogen (secondary N) is 1. The molecule has 0 spiro atoms. The molecule has 1 fully saturated rings. The molecule has 1 N–H and O–H groups in total. The number of sulfonamides is 1. The second kappa shape index (κ2) is 12.9. The Bertz CT molecular complexity index is 2000. The number of carbonyl (C=O) groups excluding carboxylic acids is 1. The minimum absolute atomic E-state index is 0.0711. The molecule has 1 aliphatic heterocycles. The Morgan fingerprint density at radius 2 is 1.80 bits per heavy atom. The van der Waals surface area contributed by atoms with Crippen molar-refractivity contribution in [3.05, 3.63) is 120 Å². The van der Waals surface area contributed by atoms with Gasteiger partial charge < -0.3 is 4.74 Å². The van der Waals surface area contributed by atoms with Gasteiger partial charge in [0.05, 0.1) is 34.0 Å². The van der Waals surface area contributed by atoms with Gasteiger partial charge in [0.2, 0.25) is 0 Å². The first-order valence-electron chi connectivity index (χ1n) is 13.6. The summed E-state index contributed by atoms with van der Waals surface area (Å²) in [6, 6.07) is 23.4. The van der Waals surface area contributed by atoms with E-state index >= 15 is 0 Å². The van der Waals surface area contributed by atoms with Crippen molar-refractivity contribution in [2.45, 2.75) is 4.90 Å². The number of amidine groups is 1. The van der Waals surface area contributed by atoms with Crippen LogP contribution in [0.2, 0.25) is 0 Å². The number of aliphatic imine (C=N–C) groups is 1. The number of anilines is 1. The number of rotatable bonds is 10. The third kappa shape index (κ3) is 6.60. The summed E-state index contributed by atoms with van der Waals surface area (Å²) in [5.74, 6) is 0.503. The van der Waals surface area contributed by atoms with Crippen molar-refractivity contribution in [3.63, 3.8) is 0 Å². The third-order valence-electron chi connectivity index (χ3n) is 6.64. The first-order chi connectivity index (χ1) is 21.8. The smallest absolute Gasteiger partial charge is 0.267 e. The number of benzene rings is 3. The highest BCUT2D eigenvalue weighted by Gasteiger charge is 2.33. The first kappa shape index (κ1) is 30.1. The molecule has 0 bridgehead atoms. The lowest BCUT2D eigenvalue weighted by atomic mass is 10.1. The number of thioether (sulfide) groups is 1. The number of aromatic nitrogens is 3. The van der Waals surface area contributed by atoms with Crippen LogP contribution in [0.5, 0.6) is 5.75 Å². The van der Waals surface area contributed by atoms with Gasteiger partial charge in [0.15, 0.2) is 10.3 Å². The van der Waals surface area contributed by atoms with Crippen molar-refractivity contribution < 1.29 is 17.9 Å². The molecule has 0 aliphatic carbocycles. The van der Waals surface area contributed by atoms with Crippen LogP contribution in [0.4, 0.5) is 10.8 Å². The van der Waals surface area contributed by atoms with Crippen LogP contribution < -0.4 is 9.46 Å². The molecular weight excluding hydrogens is 629 g/mol. The summed E-state index contributed by atoms with van der Waals surface area (Å²) in [4.78, 5) is 24.3. The van der Waals surface area contributed by atoms with Gasteiger partial charge in [-0.25, -0.2) is 23.1 Å². The SMILES string of the molecule is C=CCN1C(=O)C(=Cc2cn(-c3ccccc3)nc2-c2ccc(OC)cc2)SC1=Nc1ccc(S(=O)(=O)Nc2nccs2)cc1. The topological polar surface area (TPSA) is 119 Å². The van der Waals surface area contributed by atoms with Crippen LogP contribution in [0.1, 0.15) is 5.56 Å². The standard InChI is InChI=1S/C32H26N6O4S3/c1-3-18-37-30(39)28(44-32(37)34-24-11-15-27(16-12-24)45(40,41)36-31-33-17-19-43-31)20-23-21-38(25-7-5-4-6-8-25)35-29(23)22-9-13-26(42-2)14-10-22/h3-17,19-21H,1,18H2,2H3,(H,33,36). The average molecular weight is 655 g/mol. The number of hydrogen-bond donors (Lipinski definition) is 1. The number of nitrogens with zero attached hydrogens (tertiary/aromatic N) is 5. The zero-order valence-corrected chi connectivity index (χ0v) is 26.3. The molecule has 0 radical (unpaired) electrons. The summed E-state index contributed by atoms with van der Waals surface area (Å²) in [5, 5.41) is 7.27. The summed E-state index contributed by atoms with van der Waals surface area (Å²) >= 11 is 2.42. The highest BCUT2D eigenvalue weighted by Crippen LogP contribution is 2.36. The van der Waals surface area contributed by atoms with Gasteiger partial charge in [0.25, 0.3) is 15.9 Å². The number of hydrogen-bond acceptors (Lipinski definition) is 9. The molecular formula is C32H26N6O4S3. The fraction of sp³-hybridized carbons (Fsp3) is 0.0625. The van der Waals surface area contributed by atoms with Crippen LogP contribution >= 0.6 is 23.1 Å². The highest BCUT2D eigenvalue weighted by molar-refractivity contribution is 8.18. The maximum Gasteiger partial charge on any atom is 0.267 e. The molecule has 3 aromatic carbocycles. The van der Waals surface area contributed by atoms with Crippen LogP contribution in [0.25, 0.3) is 23.0 Å². The monoisotopic (exact) mass is 654 g/mol. The molecule has 10 nitrogen and oxygen atoms in total. The van der Waals surface area contributed by atoms with E-state index in [9.17, 15) is 13.2 Å². The molecule has 0 atom stereocenters. The zero-order valence-electron chi connectivity index (χ0n) is 23.9. The van der Waals surface area contributed by atoms with Gasteiger partial charge in [-0.1, -0.05) is 24.3 Å². The molecule has 1 saturated heterocycles. The van der Waals surface area contributed by atoms with E-state index in [4.69, 9.17) is 9.84 Å². The van der Waals surface area contributed by atoms with E-state index in [1.54, 1.807) is 35.4 Å². The summed E-state index contributed by atoms with van der Waals surface area (Å²) in [6.45, 7) is 4.05. The maximum atomic E-state index is 13.6. The molecule has 5 aromatic rings. The van der Waals surface area contributed by atoms with Crippen molar-refractivity contribution >= 4 is 61.1 Å². The van der Waals surface area contributed by atoms with Gasteiger partial charge in [0.1, 0.15) is 5.75 Å². The summed E-state index contributed by atoms with van der Waals surface area (Å²) in [7, 11) is -2.19. The van der Waals surface area contributed by atoms with Crippen molar-refractivity contribution in [1.82, 2.24) is 19.7 Å². The molecule has 2 aromatic heterocycles. The third-order valence-corrected chi connectivity index (χ3v) is 9.82. The number of ether oxygens (including phenoxy) is 1. The Labute approximate surface area is 268 Å². The van der Waals surface area contributed by atoms with Crippen molar-refractivity contribution in [1.29, 1.82) is 0 Å². The Kier molecular flexibility index (Phi) is 8.65. The van der Waals surface area contributed by atoms with Crippen LogP contribution in [0.15, 0.2) is 124 Å². The van der Waals surface area contributed by atoms with E-state index in [2.05, 4.69) is 21.3 Å². The number of para-hydroxylation sites is 1. The summed E-state index contributed by atoms with van der Waals surface area (Å²) in [5.41, 5.74) is 3.69. The van der Waals surface area contributed by atoms with Gasteiger partial charge in [-0.15, -0.1) is 17.9 Å². The van der Waals surface area contributed by atoms with Crippen molar-refractivity contribution in [2.24, 2.45) is 4.99 Å². The molecule has 0 unspecified atom stereocenters. The van der Waals surface area contributed by atoms with Crippen LogP contribution in [-0.4, -0.2) is 52.8 Å². The van der Waals surface area contributed by atoms with E-state index in [-0.39, 0.29) is 22.5 Å². The minimum atomic E-state index is -3.81. The molecule has 226 valence electrons. The van der Waals surface area contributed by atoms with E-state index in [0.29, 0.717) is 21.5 Å². The van der Waals surface area contributed by atoms with Gasteiger partial charge in [-0.05, 0) is 78.5 Å². The van der Waals surface area contributed by atoms with E-state index in [0.717, 1.165) is 22.6 Å². The minimum Gasteiger partial charge on any atom is -0.497 e. The second-order valence-corrected chi connectivity index (χ2v) is 13.2.